The van der Waals surface area contributed by atoms with Gasteiger partial charge in [-0.2, -0.15) is 0 Å². The largest absolute Gasteiger partial charge is 0.325 e. The van der Waals surface area contributed by atoms with Crippen LogP contribution in [0.15, 0.2) is 29.6 Å². The van der Waals surface area contributed by atoms with Gasteiger partial charge in [-0.25, -0.2) is 9.78 Å². The van der Waals surface area contributed by atoms with Gasteiger partial charge < -0.3 is 10.6 Å². The molecule has 1 saturated heterocycles. The molecule has 152 valence electrons. The highest BCUT2D eigenvalue weighted by atomic mass is 32.1. The maximum atomic E-state index is 12.6. The van der Waals surface area contributed by atoms with Gasteiger partial charge in [0, 0.05) is 23.9 Å². The smallest absolute Gasteiger partial charge is 0.323 e. The summed E-state index contributed by atoms with van der Waals surface area (Å²) in [5.41, 5.74) is 2.33. The van der Waals surface area contributed by atoms with Gasteiger partial charge in [-0.1, -0.05) is 42.7 Å². The molecule has 7 nitrogen and oxygen atoms in total. The fourth-order valence-electron chi connectivity index (χ4n) is 3.96. The van der Waals surface area contributed by atoms with Crippen LogP contribution in [0.1, 0.15) is 44.1 Å². The third-order valence-electron chi connectivity index (χ3n) is 5.59. The summed E-state index contributed by atoms with van der Waals surface area (Å²) in [6.45, 7) is 2.29. The molecule has 1 aromatic carbocycles. The van der Waals surface area contributed by atoms with Crippen LogP contribution in [-0.2, 0) is 9.59 Å². The van der Waals surface area contributed by atoms with E-state index in [0.717, 1.165) is 24.1 Å². The fourth-order valence-corrected chi connectivity index (χ4v) is 4.70. The highest BCUT2D eigenvalue weighted by Gasteiger charge is 2.52. The number of thiazole rings is 1. The van der Waals surface area contributed by atoms with E-state index in [-0.39, 0.29) is 30.8 Å². The number of urea groups is 1. The maximum Gasteiger partial charge on any atom is 0.325 e. The van der Waals surface area contributed by atoms with Crippen molar-refractivity contribution in [2.24, 2.45) is 0 Å². The molecule has 29 heavy (non-hydrogen) atoms. The second kappa shape index (κ2) is 7.94. The minimum absolute atomic E-state index is 0.136. The number of amides is 4. The normalized spacial score (nSPS) is 17.8. The Kier molecular flexibility index (Phi) is 5.36. The number of imide groups is 1. The minimum Gasteiger partial charge on any atom is -0.323 e. The summed E-state index contributed by atoms with van der Waals surface area (Å²) in [6, 6.07) is 7.73. The molecule has 2 aliphatic rings. The van der Waals surface area contributed by atoms with Gasteiger partial charge in [0.25, 0.3) is 5.91 Å². The van der Waals surface area contributed by atoms with E-state index in [4.69, 9.17) is 0 Å². The Labute approximate surface area is 173 Å². The zero-order chi connectivity index (χ0) is 20.4. The first kappa shape index (κ1) is 19.6. The van der Waals surface area contributed by atoms with Gasteiger partial charge in [0.15, 0.2) is 5.13 Å². The molecule has 1 aromatic heterocycles. The van der Waals surface area contributed by atoms with E-state index in [2.05, 4.69) is 15.6 Å². The van der Waals surface area contributed by atoms with Gasteiger partial charge >= 0.3 is 6.03 Å². The van der Waals surface area contributed by atoms with Gasteiger partial charge in [-0.3, -0.25) is 14.5 Å². The highest BCUT2D eigenvalue weighted by molar-refractivity contribution is 7.14. The summed E-state index contributed by atoms with van der Waals surface area (Å²) in [7, 11) is 0. The molecule has 2 heterocycles. The Morgan fingerprint density at radius 1 is 1.24 bits per heavy atom. The average molecular weight is 413 g/mol. The molecule has 0 radical (unpaired) electrons. The van der Waals surface area contributed by atoms with Crippen LogP contribution in [0.5, 0.6) is 0 Å². The van der Waals surface area contributed by atoms with E-state index in [0.29, 0.717) is 24.4 Å². The summed E-state index contributed by atoms with van der Waals surface area (Å²) in [6.07, 6.45) is 3.99. The van der Waals surface area contributed by atoms with E-state index < -0.39 is 5.54 Å². The van der Waals surface area contributed by atoms with Crippen molar-refractivity contribution in [1.29, 1.82) is 0 Å². The third kappa shape index (κ3) is 4.03. The lowest BCUT2D eigenvalue weighted by Crippen LogP contribution is -2.44. The molecule has 2 fully saturated rings. The first-order valence-corrected chi connectivity index (χ1v) is 10.8. The van der Waals surface area contributed by atoms with Crippen LogP contribution in [0, 0.1) is 6.92 Å². The number of benzene rings is 1. The number of rotatable bonds is 6. The van der Waals surface area contributed by atoms with Crippen molar-refractivity contribution in [1.82, 2.24) is 15.2 Å². The molecular formula is C21H24N4O3S. The van der Waals surface area contributed by atoms with Crippen molar-refractivity contribution in [3.8, 4) is 11.3 Å². The van der Waals surface area contributed by atoms with Crippen molar-refractivity contribution in [3.05, 3.63) is 35.2 Å². The first-order valence-electron chi connectivity index (χ1n) is 9.93. The monoisotopic (exact) mass is 412 g/mol. The minimum atomic E-state index is -0.688. The van der Waals surface area contributed by atoms with Crippen molar-refractivity contribution in [2.45, 2.75) is 51.0 Å². The molecule has 1 aliphatic carbocycles. The topological polar surface area (TPSA) is 91.4 Å². The molecule has 0 bridgehead atoms. The second-order valence-electron chi connectivity index (χ2n) is 7.73. The lowest BCUT2D eigenvalue weighted by atomic mass is 9.98. The molecule has 1 spiro atoms. The predicted molar refractivity (Wildman–Crippen MR) is 112 cm³/mol. The number of carbonyl (C=O) groups is 3. The van der Waals surface area contributed by atoms with Crippen LogP contribution in [0.4, 0.5) is 9.93 Å². The summed E-state index contributed by atoms with van der Waals surface area (Å²) < 4.78 is 0. The number of nitrogens with zero attached hydrogens (tertiary/aromatic N) is 2. The number of aromatic nitrogens is 1. The quantitative estimate of drug-likeness (QED) is 0.708. The fraction of sp³-hybridized carbons (Fsp3) is 0.429. The van der Waals surface area contributed by atoms with Crippen LogP contribution in [-0.4, -0.2) is 39.8 Å². The van der Waals surface area contributed by atoms with Crippen molar-refractivity contribution < 1.29 is 14.4 Å². The maximum absolute atomic E-state index is 12.6. The molecular weight excluding hydrogens is 388 g/mol. The molecule has 1 aliphatic heterocycles. The van der Waals surface area contributed by atoms with E-state index in [9.17, 15) is 14.4 Å². The molecule has 0 atom stereocenters. The molecule has 2 aromatic rings. The highest BCUT2D eigenvalue weighted by Crippen LogP contribution is 2.35. The predicted octanol–water partition coefficient (Wildman–Crippen LogP) is 3.70. The van der Waals surface area contributed by atoms with Crippen LogP contribution >= 0.6 is 11.3 Å². The Morgan fingerprint density at radius 3 is 2.69 bits per heavy atom. The molecule has 8 heteroatoms. The molecule has 4 rings (SSSR count). The van der Waals surface area contributed by atoms with Crippen molar-refractivity contribution >= 4 is 34.3 Å². The molecule has 4 amide bonds. The third-order valence-corrected chi connectivity index (χ3v) is 6.34. The van der Waals surface area contributed by atoms with Crippen LogP contribution in [0.2, 0.25) is 0 Å². The Bertz CT molecular complexity index is 932. The Balaban J connectivity index is 1.27. The SMILES string of the molecule is Cc1ccc(-c2csc(NC(=O)CCCN3C(=O)NC4(CCCC4)C3=O)n2)cc1. The number of anilines is 1. The average Bonchev–Trinajstić information content (AvgIpc) is 3.40. The zero-order valence-corrected chi connectivity index (χ0v) is 17.2. The standard InChI is InChI=1S/C21H24N4O3S/c1-14-6-8-15(9-7-14)16-13-29-19(22-16)23-17(26)5-4-12-25-18(27)21(24-20(25)28)10-2-3-11-21/h6-9,13H,2-5,10-12H2,1H3,(H,24,28)(H,22,23,26). The van der Waals surface area contributed by atoms with Crippen LogP contribution in [0.3, 0.4) is 0 Å². The number of hydrogen-bond donors (Lipinski definition) is 2. The van der Waals surface area contributed by atoms with Crippen LogP contribution < -0.4 is 10.6 Å². The van der Waals surface area contributed by atoms with Gasteiger partial charge in [-0.05, 0) is 26.2 Å². The lowest BCUT2D eigenvalue weighted by molar-refractivity contribution is -0.131. The Hall–Kier alpha value is -2.74. The Morgan fingerprint density at radius 2 is 1.97 bits per heavy atom. The number of hydrogen-bond acceptors (Lipinski definition) is 5. The summed E-state index contributed by atoms with van der Waals surface area (Å²) >= 11 is 1.38. The zero-order valence-electron chi connectivity index (χ0n) is 16.4. The van der Waals surface area contributed by atoms with E-state index in [1.165, 1.54) is 21.8 Å². The molecule has 2 N–H and O–H groups in total. The molecule has 1 saturated carbocycles. The lowest BCUT2D eigenvalue weighted by Gasteiger charge is -2.19. The first-order chi connectivity index (χ1) is 14.0. The summed E-state index contributed by atoms with van der Waals surface area (Å²) in [5.74, 6) is -0.305. The van der Waals surface area contributed by atoms with Crippen molar-refractivity contribution in [2.75, 3.05) is 11.9 Å². The second-order valence-corrected chi connectivity index (χ2v) is 8.59. The van der Waals surface area contributed by atoms with Gasteiger partial charge in [-0.15, -0.1) is 11.3 Å². The van der Waals surface area contributed by atoms with E-state index in [1.807, 2.05) is 36.6 Å². The number of carbonyl (C=O) groups excluding carboxylic acids is 3. The van der Waals surface area contributed by atoms with Crippen LogP contribution in [0.25, 0.3) is 11.3 Å². The summed E-state index contributed by atoms with van der Waals surface area (Å²) in [4.78, 5) is 42.7. The van der Waals surface area contributed by atoms with Gasteiger partial charge in [0.05, 0.1) is 5.69 Å². The summed E-state index contributed by atoms with van der Waals surface area (Å²) in [5, 5.41) is 8.12. The van der Waals surface area contributed by atoms with Crippen molar-refractivity contribution in [3.63, 3.8) is 0 Å². The number of nitrogens with one attached hydrogen (secondary N) is 2. The van der Waals surface area contributed by atoms with E-state index in [1.54, 1.807) is 0 Å². The van der Waals surface area contributed by atoms with E-state index >= 15 is 0 Å². The molecule has 0 unspecified atom stereocenters. The van der Waals surface area contributed by atoms with Gasteiger partial charge in [0.1, 0.15) is 5.54 Å². The number of aryl methyl sites for hydroxylation is 1. The van der Waals surface area contributed by atoms with Gasteiger partial charge in [0.2, 0.25) is 5.91 Å².